The molecule has 6 nitrogen and oxygen atoms in total. The van der Waals surface area contributed by atoms with E-state index >= 15 is 0 Å². The molecule has 1 aliphatic carbocycles. The molecule has 0 aliphatic heterocycles. The van der Waals surface area contributed by atoms with E-state index in [1.165, 1.54) is 0 Å². The molecule has 0 spiro atoms. The summed E-state index contributed by atoms with van der Waals surface area (Å²) in [5, 5.41) is 15.2. The third kappa shape index (κ3) is 3.64. The van der Waals surface area contributed by atoms with Crippen LogP contribution in [0.3, 0.4) is 0 Å². The maximum absolute atomic E-state index is 10.8. The highest BCUT2D eigenvalue weighted by Gasteiger charge is 2.35. The lowest BCUT2D eigenvalue weighted by Crippen LogP contribution is -2.39. The van der Waals surface area contributed by atoms with Gasteiger partial charge < -0.3 is 10.4 Å². The molecular weight excluding hydrogens is 184 g/mol. The summed E-state index contributed by atoms with van der Waals surface area (Å²) in [6.45, 7) is 1.01. The lowest BCUT2D eigenvalue weighted by Gasteiger charge is -2.12. The van der Waals surface area contributed by atoms with Gasteiger partial charge in [-0.3, -0.25) is 4.79 Å². The Morgan fingerprint density at radius 1 is 1.71 bits per heavy atom. The quantitative estimate of drug-likeness (QED) is 0.278. The maximum Gasteiger partial charge on any atom is 0.320 e. The fourth-order valence-corrected chi connectivity index (χ4v) is 1.34. The first-order valence-corrected chi connectivity index (χ1v) is 4.72. The van der Waals surface area contributed by atoms with Gasteiger partial charge >= 0.3 is 5.97 Å². The normalized spacial score (nSPS) is 17.1. The van der Waals surface area contributed by atoms with Crippen LogP contribution in [0.4, 0.5) is 0 Å². The number of hydrogen-bond donors (Lipinski definition) is 2. The molecule has 14 heavy (non-hydrogen) atoms. The van der Waals surface area contributed by atoms with Crippen LogP contribution in [0.15, 0.2) is 5.11 Å². The summed E-state index contributed by atoms with van der Waals surface area (Å²) in [6.07, 6.45) is 2.68. The number of carboxylic acid groups (broad SMARTS) is 1. The minimum absolute atomic E-state index is 0.298. The molecule has 0 saturated heterocycles. The van der Waals surface area contributed by atoms with E-state index in [1.807, 2.05) is 0 Å². The first-order valence-electron chi connectivity index (χ1n) is 4.72. The van der Waals surface area contributed by atoms with Crippen LogP contribution in [0.25, 0.3) is 10.4 Å². The van der Waals surface area contributed by atoms with Gasteiger partial charge in [0, 0.05) is 11.5 Å². The highest BCUT2D eigenvalue weighted by Crippen LogP contribution is 2.32. The van der Waals surface area contributed by atoms with Crippen molar-refractivity contribution >= 4 is 5.97 Å². The second-order valence-corrected chi connectivity index (χ2v) is 3.42. The molecule has 0 radical (unpaired) electrons. The Hall–Kier alpha value is -1.26. The fourth-order valence-electron chi connectivity index (χ4n) is 1.34. The average molecular weight is 198 g/mol. The molecule has 78 valence electrons. The predicted octanol–water partition coefficient (Wildman–Crippen LogP) is 1.14. The first-order chi connectivity index (χ1) is 6.75. The van der Waals surface area contributed by atoms with Gasteiger partial charge in [-0.05, 0) is 37.3 Å². The Kier molecular flexibility index (Phi) is 4.22. The standard InChI is InChI=1S/C8H14N4O2/c9-12-11-5-1-4-10-7(8(13)14)6-2-3-6/h6-7,10H,1-5H2,(H,13,14). The molecule has 0 bridgehead atoms. The lowest BCUT2D eigenvalue weighted by atomic mass is 10.2. The molecule has 0 amide bonds. The monoisotopic (exact) mass is 198 g/mol. The third-order valence-electron chi connectivity index (χ3n) is 2.22. The zero-order valence-corrected chi connectivity index (χ0v) is 7.89. The Bertz CT molecular complexity index is 246. The third-order valence-corrected chi connectivity index (χ3v) is 2.22. The summed E-state index contributed by atoms with van der Waals surface area (Å²) in [6, 6.07) is -0.416. The van der Waals surface area contributed by atoms with Crippen molar-refractivity contribution in [1.82, 2.24) is 5.32 Å². The number of azide groups is 1. The molecule has 1 atom stereocenters. The molecule has 1 aliphatic rings. The van der Waals surface area contributed by atoms with Gasteiger partial charge in [0.1, 0.15) is 6.04 Å². The van der Waals surface area contributed by atoms with Gasteiger partial charge in [-0.1, -0.05) is 5.11 Å². The van der Waals surface area contributed by atoms with Gasteiger partial charge in [-0.25, -0.2) is 0 Å². The zero-order valence-electron chi connectivity index (χ0n) is 7.89. The molecule has 1 rings (SSSR count). The summed E-state index contributed by atoms with van der Waals surface area (Å²) >= 11 is 0. The van der Waals surface area contributed by atoms with Crippen molar-refractivity contribution in [1.29, 1.82) is 0 Å². The van der Waals surface area contributed by atoms with Gasteiger partial charge in [-0.2, -0.15) is 0 Å². The lowest BCUT2D eigenvalue weighted by molar-refractivity contribution is -0.140. The maximum atomic E-state index is 10.8. The van der Waals surface area contributed by atoms with E-state index < -0.39 is 12.0 Å². The topological polar surface area (TPSA) is 98.1 Å². The predicted molar refractivity (Wildman–Crippen MR) is 50.8 cm³/mol. The van der Waals surface area contributed by atoms with E-state index in [4.69, 9.17) is 10.6 Å². The SMILES string of the molecule is [N-]=[N+]=NCCCNC(C(=O)O)C1CC1. The number of nitrogens with zero attached hydrogens (tertiary/aromatic N) is 3. The van der Waals surface area contributed by atoms with Crippen LogP contribution in [0.2, 0.25) is 0 Å². The molecule has 0 aromatic heterocycles. The van der Waals surface area contributed by atoms with Gasteiger partial charge in [-0.15, -0.1) is 0 Å². The van der Waals surface area contributed by atoms with Crippen molar-refractivity contribution in [3.05, 3.63) is 10.4 Å². The van der Waals surface area contributed by atoms with E-state index in [1.54, 1.807) is 0 Å². The number of carbonyl (C=O) groups is 1. The summed E-state index contributed by atoms with van der Waals surface area (Å²) in [5.74, 6) is -0.483. The second-order valence-electron chi connectivity index (χ2n) is 3.42. The first kappa shape index (κ1) is 10.8. The van der Waals surface area contributed by atoms with Gasteiger partial charge in [0.05, 0.1) is 0 Å². The van der Waals surface area contributed by atoms with E-state index in [9.17, 15) is 4.79 Å². The summed E-state index contributed by atoms with van der Waals surface area (Å²) in [4.78, 5) is 13.4. The van der Waals surface area contributed by atoms with Gasteiger partial charge in [0.25, 0.3) is 0 Å². The highest BCUT2D eigenvalue weighted by molar-refractivity contribution is 5.74. The van der Waals surface area contributed by atoms with E-state index in [-0.39, 0.29) is 0 Å². The summed E-state index contributed by atoms with van der Waals surface area (Å²) in [5.41, 5.74) is 8.01. The molecule has 0 aromatic rings. The van der Waals surface area contributed by atoms with Crippen LogP contribution in [0.5, 0.6) is 0 Å². The summed E-state index contributed by atoms with van der Waals surface area (Å²) in [7, 11) is 0. The number of aliphatic carboxylic acids is 1. The molecule has 0 aromatic carbocycles. The zero-order chi connectivity index (χ0) is 10.4. The number of hydrogen-bond acceptors (Lipinski definition) is 3. The fraction of sp³-hybridized carbons (Fsp3) is 0.875. The Labute approximate surface area is 81.9 Å². The molecular formula is C8H14N4O2. The second kappa shape index (κ2) is 5.47. The van der Waals surface area contributed by atoms with Crippen molar-refractivity contribution in [3.63, 3.8) is 0 Å². The molecule has 1 saturated carbocycles. The van der Waals surface area contributed by atoms with E-state index in [0.717, 1.165) is 12.8 Å². The smallest absolute Gasteiger partial charge is 0.320 e. The minimum Gasteiger partial charge on any atom is -0.480 e. The van der Waals surface area contributed by atoms with Crippen LogP contribution >= 0.6 is 0 Å². The van der Waals surface area contributed by atoms with Gasteiger partial charge in [0.2, 0.25) is 0 Å². The van der Waals surface area contributed by atoms with Crippen LogP contribution in [-0.2, 0) is 4.79 Å². The molecule has 2 N–H and O–H groups in total. The van der Waals surface area contributed by atoms with Crippen molar-refractivity contribution in [3.8, 4) is 0 Å². The number of rotatable bonds is 7. The average Bonchev–Trinajstić information content (AvgIpc) is 2.94. The van der Waals surface area contributed by atoms with Crippen molar-refractivity contribution in [2.24, 2.45) is 11.0 Å². The number of nitrogens with one attached hydrogen (secondary N) is 1. The largest absolute Gasteiger partial charge is 0.480 e. The molecule has 6 heteroatoms. The van der Waals surface area contributed by atoms with Crippen LogP contribution < -0.4 is 5.32 Å². The van der Waals surface area contributed by atoms with Crippen molar-refractivity contribution in [2.75, 3.05) is 13.1 Å². The number of carboxylic acids is 1. The van der Waals surface area contributed by atoms with Crippen molar-refractivity contribution in [2.45, 2.75) is 25.3 Å². The van der Waals surface area contributed by atoms with Crippen LogP contribution in [-0.4, -0.2) is 30.2 Å². The van der Waals surface area contributed by atoms with E-state index in [0.29, 0.717) is 25.4 Å². The summed E-state index contributed by atoms with van der Waals surface area (Å²) < 4.78 is 0. The van der Waals surface area contributed by atoms with Crippen LogP contribution in [0.1, 0.15) is 19.3 Å². The minimum atomic E-state index is -0.781. The Morgan fingerprint density at radius 3 is 2.93 bits per heavy atom. The highest BCUT2D eigenvalue weighted by atomic mass is 16.4. The van der Waals surface area contributed by atoms with Crippen molar-refractivity contribution < 1.29 is 9.90 Å². The van der Waals surface area contributed by atoms with Gasteiger partial charge in [0.15, 0.2) is 0 Å². The Balaban J connectivity index is 2.13. The molecule has 0 heterocycles. The Morgan fingerprint density at radius 2 is 2.43 bits per heavy atom. The van der Waals surface area contributed by atoms with Crippen LogP contribution in [0, 0.1) is 5.92 Å². The van der Waals surface area contributed by atoms with E-state index in [2.05, 4.69) is 15.3 Å². The molecule has 1 unspecified atom stereocenters. The molecule has 1 fully saturated rings.